The standard InChI is InChI=1S/C7H10ClNOS/c1-7(10,4-9)6-5(8)2-3-11-6/h2-3,10H,4,9H2,1H3. The van der Waals surface area contributed by atoms with Crippen LogP contribution in [0.2, 0.25) is 5.02 Å². The van der Waals surface area contributed by atoms with Crippen LogP contribution in [0.1, 0.15) is 11.8 Å². The zero-order valence-electron chi connectivity index (χ0n) is 6.17. The van der Waals surface area contributed by atoms with Crippen molar-refractivity contribution in [2.24, 2.45) is 5.73 Å². The highest BCUT2D eigenvalue weighted by Crippen LogP contribution is 2.31. The normalized spacial score (nSPS) is 16.4. The van der Waals surface area contributed by atoms with Crippen molar-refractivity contribution >= 4 is 22.9 Å². The fourth-order valence-corrected chi connectivity index (χ4v) is 2.10. The summed E-state index contributed by atoms with van der Waals surface area (Å²) in [6.45, 7) is 1.85. The van der Waals surface area contributed by atoms with E-state index in [4.69, 9.17) is 17.3 Å². The molecule has 0 spiro atoms. The van der Waals surface area contributed by atoms with E-state index in [9.17, 15) is 5.11 Å². The van der Waals surface area contributed by atoms with Crippen LogP contribution >= 0.6 is 22.9 Å². The molecule has 0 fully saturated rings. The van der Waals surface area contributed by atoms with E-state index < -0.39 is 5.60 Å². The molecule has 1 aromatic heterocycles. The van der Waals surface area contributed by atoms with Crippen molar-refractivity contribution in [2.75, 3.05) is 6.54 Å². The summed E-state index contributed by atoms with van der Waals surface area (Å²) in [7, 11) is 0. The maximum Gasteiger partial charge on any atom is 0.110 e. The van der Waals surface area contributed by atoms with Gasteiger partial charge in [-0.25, -0.2) is 0 Å². The Bertz CT molecular complexity index is 246. The monoisotopic (exact) mass is 191 g/mol. The summed E-state index contributed by atoms with van der Waals surface area (Å²) < 4.78 is 0. The number of hydrogen-bond donors (Lipinski definition) is 2. The minimum atomic E-state index is -0.981. The van der Waals surface area contributed by atoms with Gasteiger partial charge in [0.1, 0.15) is 5.60 Å². The number of thiophene rings is 1. The zero-order valence-corrected chi connectivity index (χ0v) is 7.75. The van der Waals surface area contributed by atoms with E-state index in [1.54, 1.807) is 13.0 Å². The number of rotatable bonds is 2. The Hall–Kier alpha value is -0.0900. The van der Waals surface area contributed by atoms with Crippen molar-refractivity contribution in [1.29, 1.82) is 0 Å². The van der Waals surface area contributed by atoms with Gasteiger partial charge in [0, 0.05) is 6.54 Å². The second-order valence-electron chi connectivity index (χ2n) is 2.58. The highest BCUT2D eigenvalue weighted by atomic mass is 35.5. The van der Waals surface area contributed by atoms with E-state index in [1.165, 1.54) is 11.3 Å². The zero-order chi connectivity index (χ0) is 8.48. The number of aliphatic hydroxyl groups is 1. The second-order valence-corrected chi connectivity index (χ2v) is 3.90. The Kier molecular flexibility index (Phi) is 2.54. The Morgan fingerprint density at radius 3 is 2.82 bits per heavy atom. The van der Waals surface area contributed by atoms with Crippen LogP contribution in [0, 0.1) is 0 Å². The van der Waals surface area contributed by atoms with Crippen molar-refractivity contribution in [1.82, 2.24) is 0 Å². The predicted molar refractivity (Wildman–Crippen MR) is 48.0 cm³/mol. The largest absolute Gasteiger partial charge is 0.383 e. The first-order valence-corrected chi connectivity index (χ1v) is 4.49. The number of hydrogen-bond acceptors (Lipinski definition) is 3. The van der Waals surface area contributed by atoms with Crippen LogP contribution < -0.4 is 5.73 Å². The third-order valence-electron chi connectivity index (χ3n) is 1.50. The highest BCUT2D eigenvalue weighted by Gasteiger charge is 2.24. The van der Waals surface area contributed by atoms with Crippen LogP contribution in [0.4, 0.5) is 0 Å². The van der Waals surface area contributed by atoms with Crippen molar-refractivity contribution < 1.29 is 5.11 Å². The van der Waals surface area contributed by atoms with Gasteiger partial charge >= 0.3 is 0 Å². The first-order valence-electron chi connectivity index (χ1n) is 3.24. The van der Waals surface area contributed by atoms with Gasteiger partial charge in [0.05, 0.1) is 9.90 Å². The lowest BCUT2D eigenvalue weighted by molar-refractivity contribution is 0.0708. The topological polar surface area (TPSA) is 46.2 Å². The number of halogens is 1. The molecule has 3 N–H and O–H groups in total. The Morgan fingerprint density at radius 2 is 2.45 bits per heavy atom. The molecule has 0 aliphatic rings. The van der Waals surface area contributed by atoms with Crippen molar-refractivity contribution in [3.05, 3.63) is 21.3 Å². The Balaban J connectivity index is 3.00. The van der Waals surface area contributed by atoms with Crippen molar-refractivity contribution in [3.63, 3.8) is 0 Å². The Labute approximate surface area is 74.6 Å². The van der Waals surface area contributed by atoms with Crippen molar-refractivity contribution in [3.8, 4) is 0 Å². The summed E-state index contributed by atoms with van der Waals surface area (Å²) in [5.41, 5.74) is 4.38. The first kappa shape index (κ1) is 9.00. The average molecular weight is 192 g/mol. The Morgan fingerprint density at radius 1 is 1.82 bits per heavy atom. The molecule has 0 amide bonds. The molecule has 1 unspecified atom stereocenters. The van der Waals surface area contributed by atoms with Gasteiger partial charge in [-0.15, -0.1) is 11.3 Å². The fraction of sp³-hybridized carbons (Fsp3) is 0.429. The van der Waals surface area contributed by atoms with E-state index in [1.807, 2.05) is 5.38 Å². The molecule has 0 radical (unpaired) electrons. The molecule has 1 heterocycles. The lowest BCUT2D eigenvalue weighted by Crippen LogP contribution is -2.30. The molecule has 4 heteroatoms. The summed E-state index contributed by atoms with van der Waals surface area (Å²) in [5.74, 6) is 0. The molecule has 11 heavy (non-hydrogen) atoms. The lowest BCUT2D eigenvalue weighted by atomic mass is 10.1. The van der Waals surface area contributed by atoms with Gasteiger partial charge in [-0.3, -0.25) is 0 Å². The van der Waals surface area contributed by atoms with Gasteiger partial charge < -0.3 is 10.8 Å². The van der Waals surface area contributed by atoms with Gasteiger partial charge in [0.25, 0.3) is 0 Å². The molecule has 62 valence electrons. The van der Waals surface area contributed by atoms with Crippen molar-refractivity contribution in [2.45, 2.75) is 12.5 Å². The van der Waals surface area contributed by atoms with Crippen LogP contribution in [0.25, 0.3) is 0 Å². The van der Waals surface area contributed by atoms with Gasteiger partial charge in [-0.2, -0.15) is 0 Å². The molecule has 1 rings (SSSR count). The van der Waals surface area contributed by atoms with Crippen LogP contribution in [-0.2, 0) is 5.60 Å². The van der Waals surface area contributed by atoms with Gasteiger partial charge in [-0.05, 0) is 18.4 Å². The first-order chi connectivity index (χ1) is 5.08. The maximum atomic E-state index is 9.67. The SMILES string of the molecule is CC(O)(CN)c1sccc1Cl. The third-order valence-corrected chi connectivity index (χ3v) is 3.10. The van der Waals surface area contributed by atoms with E-state index in [0.29, 0.717) is 5.02 Å². The summed E-state index contributed by atoms with van der Waals surface area (Å²) in [4.78, 5) is 0.738. The predicted octanol–water partition coefficient (Wildman–Crippen LogP) is 1.57. The quantitative estimate of drug-likeness (QED) is 0.746. The van der Waals surface area contributed by atoms with E-state index in [-0.39, 0.29) is 6.54 Å². The molecule has 0 bridgehead atoms. The van der Waals surface area contributed by atoms with Crippen LogP contribution in [0.5, 0.6) is 0 Å². The second kappa shape index (κ2) is 3.11. The molecule has 1 aromatic rings. The maximum absolute atomic E-state index is 9.67. The fourth-order valence-electron chi connectivity index (χ4n) is 0.771. The van der Waals surface area contributed by atoms with Gasteiger partial charge in [0.2, 0.25) is 0 Å². The van der Waals surface area contributed by atoms with Gasteiger partial charge in [0.15, 0.2) is 0 Å². The molecule has 0 aliphatic heterocycles. The molecule has 0 saturated heterocycles. The third kappa shape index (κ3) is 1.73. The van der Waals surface area contributed by atoms with Crippen LogP contribution in [-0.4, -0.2) is 11.7 Å². The van der Waals surface area contributed by atoms with Crippen LogP contribution in [0.3, 0.4) is 0 Å². The van der Waals surface area contributed by atoms with Gasteiger partial charge in [-0.1, -0.05) is 11.6 Å². The molecular weight excluding hydrogens is 182 g/mol. The molecule has 0 saturated carbocycles. The summed E-state index contributed by atoms with van der Waals surface area (Å²) in [6, 6.07) is 1.76. The molecule has 1 atom stereocenters. The average Bonchev–Trinajstić information content (AvgIpc) is 2.36. The minimum Gasteiger partial charge on any atom is -0.383 e. The lowest BCUT2D eigenvalue weighted by Gasteiger charge is -2.19. The van der Waals surface area contributed by atoms with E-state index >= 15 is 0 Å². The summed E-state index contributed by atoms with van der Waals surface area (Å²) in [6.07, 6.45) is 0. The summed E-state index contributed by atoms with van der Waals surface area (Å²) >= 11 is 7.22. The minimum absolute atomic E-state index is 0.188. The molecule has 0 aromatic carbocycles. The highest BCUT2D eigenvalue weighted by molar-refractivity contribution is 7.10. The van der Waals surface area contributed by atoms with Crippen LogP contribution in [0.15, 0.2) is 11.4 Å². The molecular formula is C7H10ClNOS. The van der Waals surface area contributed by atoms with E-state index in [2.05, 4.69) is 0 Å². The smallest absolute Gasteiger partial charge is 0.110 e. The van der Waals surface area contributed by atoms with E-state index in [0.717, 1.165) is 4.88 Å². The summed E-state index contributed by atoms with van der Waals surface area (Å²) in [5, 5.41) is 12.1. The molecule has 2 nitrogen and oxygen atoms in total. The molecule has 0 aliphatic carbocycles. The number of nitrogens with two attached hydrogens (primary N) is 1.